The molecule has 0 fully saturated rings. The molecular weight excluding hydrogens is 481 g/mol. The number of nitro benzene ring substituents is 1. The highest BCUT2D eigenvalue weighted by atomic mass is 79.9. The molecule has 0 aliphatic carbocycles. The molecule has 1 N–H and O–H groups in total. The molecule has 2 amide bonds. The number of halogens is 2. The van der Waals surface area contributed by atoms with Crippen LogP contribution in [-0.4, -0.2) is 28.2 Å². The first-order valence-corrected chi connectivity index (χ1v) is 10.5. The minimum absolute atomic E-state index is 0.123. The minimum atomic E-state index is -0.729. The largest absolute Gasteiger partial charge is 0.324 e. The monoisotopic (exact) mass is 497 g/mol. The number of carbonyl (C=O) groups is 2. The number of nitrogens with one attached hydrogen (secondary N) is 1. The second kappa shape index (κ2) is 8.51. The molecule has 0 saturated heterocycles. The molecule has 0 radical (unpaired) electrons. The van der Waals surface area contributed by atoms with Gasteiger partial charge in [-0.05, 0) is 48.9 Å². The smallest absolute Gasteiger partial charge is 0.273 e. The van der Waals surface area contributed by atoms with Crippen molar-refractivity contribution in [3.63, 3.8) is 0 Å². The summed E-state index contributed by atoms with van der Waals surface area (Å²) in [7, 11) is 0. The molecule has 9 heteroatoms. The van der Waals surface area contributed by atoms with Crippen molar-refractivity contribution in [3.05, 3.63) is 103 Å². The van der Waals surface area contributed by atoms with Crippen LogP contribution in [0.25, 0.3) is 0 Å². The molecule has 1 heterocycles. The van der Waals surface area contributed by atoms with E-state index >= 15 is 0 Å². The van der Waals surface area contributed by atoms with Crippen molar-refractivity contribution in [1.29, 1.82) is 0 Å². The van der Waals surface area contributed by atoms with Crippen LogP contribution in [0, 0.1) is 22.9 Å². The van der Waals surface area contributed by atoms with E-state index in [2.05, 4.69) is 21.2 Å². The molecule has 0 spiro atoms. The van der Waals surface area contributed by atoms with Crippen LogP contribution in [0.4, 0.5) is 15.8 Å². The Morgan fingerprint density at radius 3 is 2.59 bits per heavy atom. The molecule has 4 rings (SSSR count). The Labute approximate surface area is 191 Å². The highest BCUT2D eigenvalue weighted by molar-refractivity contribution is 9.10. The van der Waals surface area contributed by atoms with Crippen molar-refractivity contribution in [2.75, 3.05) is 11.9 Å². The van der Waals surface area contributed by atoms with E-state index in [1.54, 1.807) is 30.3 Å². The number of fused-ring (bicyclic) bond motifs is 1. The van der Waals surface area contributed by atoms with E-state index in [0.29, 0.717) is 16.8 Å². The fourth-order valence-electron chi connectivity index (χ4n) is 3.88. The second-order valence-electron chi connectivity index (χ2n) is 7.37. The van der Waals surface area contributed by atoms with E-state index in [9.17, 15) is 24.1 Å². The van der Waals surface area contributed by atoms with Gasteiger partial charge >= 0.3 is 0 Å². The molecule has 0 saturated carbocycles. The molecule has 1 atom stereocenters. The fraction of sp³-hybridized carbons (Fsp3) is 0.130. The van der Waals surface area contributed by atoms with Crippen LogP contribution >= 0.6 is 15.9 Å². The van der Waals surface area contributed by atoms with E-state index in [1.165, 1.54) is 42.2 Å². The molecular formula is C23H17BrFN3O4. The predicted molar refractivity (Wildman–Crippen MR) is 120 cm³/mol. The van der Waals surface area contributed by atoms with Gasteiger partial charge in [-0.2, -0.15) is 0 Å². The summed E-state index contributed by atoms with van der Waals surface area (Å²) < 4.78 is 14.4. The summed E-state index contributed by atoms with van der Waals surface area (Å²) in [6, 6.07) is 14.5. The lowest BCUT2D eigenvalue weighted by atomic mass is 9.94. The molecule has 3 aromatic carbocycles. The maximum atomic E-state index is 13.7. The number of carbonyl (C=O) groups excluding carboxylic acids is 2. The average molecular weight is 498 g/mol. The van der Waals surface area contributed by atoms with Gasteiger partial charge in [0.2, 0.25) is 5.91 Å². The quantitative estimate of drug-likeness (QED) is 0.407. The lowest BCUT2D eigenvalue weighted by Crippen LogP contribution is -2.39. The van der Waals surface area contributed by atoms with E-state index in [0.717, 1.165) is 4.47 Å². The third-order valence-corrected chi connectivity index (χ3v) is 5.88. The number of hydrogen-bond acceptors (Lipinski definition) is 4. The predicted octanol–water partition coefficient (Wildman–Crippen LogP) is 4.99. The third kappa shape index (κ3) is 3.99. The normalized spacial score (nSPS) is 15.5. The summed E-state index contributed by atoms with van der Waals surface area (Å²) in [6.45, 7) is 1.22. The SMILES string of the molecule is Cc1c(C(=O)N2CC(=O)Nc3ccc(Br)cc3C2c2ccc(F)cc2)cccc1[N+](=O)[O-]. The summed E-state index contributed by atoms with van der Waals surface area (Å²) in [4.78, 5) is 38.5. The number of anilines is 1. The van der Waals surface area contributed by atoms with Crippen molar-refractivity contribution >= 4 is 39.1 Å². The Hall–Kier alpha value is -3.59. The van der Waals surface area contributed by atoms with E-state index < -0.39 is 28.6 Å². The van der Waals surface area contributed by atoms with E-state index in [4.69, 9.17) is 0 Å². The zero-order chi connectivity index (χ0) is 23.0. The first-order chi connectivity index (χ1) is 15.3. The van der Waals surface area contributed by atoms with Gasteiger partial charge in [-0.15, -0.1) is 0 Å². The Balaban J connectivity index is 1.91. The Morgan fingerprint density at radius 2 is 1.91 bits per heavy atom. The number of amides is 2. The van der Waals surface area contributed by atoms with E-state index in [1.807, 2.05) is 0 Å². The molecule has 1 aliphatic rings. The first-order valence-electron chi connectivity index (χ1n) is 9.66. The first kappa shape index (κ1) is 21.6. The Bertz CT molecular complexity index is 1250. The molecule has 32 heavy (non-hydrogen) atoms. The van der Waals surface area contributed by atoms with Gasteiger partial charge in [0.05, 0.1) is 11.0 Å². The van der Waals surface area contributed by atoms with Gasteiger partial charge in [0, 0.05) is 32.9 Å². The van der Waals surface area contributed by atoms with Gasteiger partial charge in [-0.3, -0.25) is 19.7 Å². The molecule has 0 bridgehead atoms. The number of benzene rings is 3. The molecule has 162 valence electrons. The van der Waals surface area contributed by atoms with Crippen LogP contribution in [-0.2, 0) is 4.79 Å². The summed E-state index contributed by atoms with van der Waals surface area (Å²) >= 11 is 3.43. The summed E-state index contributed by atoms with van der Waals surface area (Å²) in [5, 5.41) is 14.2. The molecule has 1 aliphatic heterocycles. The van der Waals surface area contributed by atoms with Gasteiger partial charge in [0.15, 0.2) is 0 Å². The number of hydrogen-bond donors (Lipinski definition) is 1. The van der Waals surface area contributed by atoms with Crippen LogP contribution in [0.5, 0.6) is 0 Å². The lowest BCUT2D eigenvalue weighted by molar-refractivity contribution is -0.385. The zero-order valence-electron chi connectivity index (χ0n) is 16.8. The molecule has 0 aromatic heterocycles. The summed E-state index contributed by atoms with van der Waals surface area (Å²) in [5.41, 5.74) is 1.90. The maximum Gasteiger partial charge on any atom is 0.273 e. The lowest BCUT2D eigenvalue weighted by Gasteiger charge is -2.31. The van der Waals surface area contributed by atoms with Crippen molar-refractivity contribution in [1.82, 2.24) is 4.90 Å². The average Bonchev–Trinajstić information content (AvgIpc) is 2.89. The number of nitro groups is 1. The van der Waals surface area contributed by atoms with Gasteiger partial charge in [0.1, 0.15) is 12.4 Å². The van der Waals surface area contributed by atoms with Crippen molar-refractivity contribution in [2.24, 2.45) is 0 Å². The highest BCUT2D eigenvalue weighted by Crippen LogP contribution is 2.38. The highest BCUT2D eigenvalue weighted by Gasteiger charge is 2.35. The van der Waals surface area contributed by atoms with Gasteiger partial charge in [0.25, 0.3) is 11.6 Å². The van der Waals surface area contributed by atoms with E-state index in [-0.39, 0.29) is 23.4 Å². The van der Waals surface area contributed by atoms with Crippen LogP contribution in [0.1, 0.15) is 33.1 Å². The van der Waals surface area contributed by atoms with Gasteiger partial charge in [-0.25, -0.2) is 4.39 Å². The van der Waals surface area contributed by atoms with Gasteiger partial charge < -0.3 is 10.2 Å². The maximum absolute atomic E-state index is 13.7. The van der Waals surface area contributed by atoms with Crippen molar-refractivity contribution < 1.29 is 18.9 Å². The number of rotatable bonds is 3. The third-order valence-electron chi connectivity index (χ3n) is 5.39. The summed E-state index contributed by atoms with van der Waals surface area (Å²) in [5.74, 6) is -1.38. The second-order valence-corrected chi connectivity index (χ2v) is 8.29. The van der Waals surface area contributed by atoms with Gasteiger partial charge in [-0.1, -0.05) is 34.1 Å². The fourth-order valence-corrected chi connectivity index (χ4v) is 4.26. The van der Waals surface area contributed by atoms with Crippen LogP contribution in [0.3, 0.4) is 0 Å². The van der Waals surface area contributed by atoms with Crippen LogP contribution < -0.4 is 5.32 Å². The van der Waals surface area contributed by atoms with Crippen LogP contribution in [0.2, 0.25) is 0 Å². The topological polar surface area (TPSA) is 92.6 Å². The zero-order valence-corrected chi connectivity index (χ0v) is 18.4. The van der Waals surface area contributed by atoms with Crippen LogP contribution in [0.15, 0.2) is 65.1 Å². The molecule has 7 nitrogen and oxygen atoms in total. The Kier molecular flexibility index (Phi) is 5.75. The number of nitrogens with zero attached hydrogens (tertiary/aromatic N) is 2. The molecule has 1 unspecified atom stereocenters. The standard InChI is InChI=1S/C23H17BrFN3O4/c1-13-17(3-2-4-20(13)28(31)32)23(30)27-12-21(29)26-19-10-7-15(24)11-18(19)22(27)14-5-8-16(25)9-6-14/h2-11,22H,12H2,1H3,(H,26,29). The van der Waals surface area contributed by atoms with Crippen molar-refractivity contribution in [2.45, 2.75) is 13.0 Å². The van der Waals surface area contributed by atoms with Crippen molar-refractivity contribution in [3.8, 4) is 0 Å². The molecule has 3 aromatic rings. The minimum Gasteiger partial charge on any atom is -0.324 e. The Morgan fingerprint density at radius 1 is 1.19 bits per heavy atom. The summed E-state index contributed by atoms with van der Waals surface area (Å²) in [6.07, 6.45) is 0.